The van der Waals surface area contributed by atoms with Crippen LogP contribution in [0.2, 0.25) is 5.02 Å². The molecule has 1 heterocycles. The third kappa shape index (κ3) is 2.94. The molecule has 80 valence electrons. The molecule has 0 saturated carbocycles. The third-order valence-electron chi connectivity index (χ3n) is 2.34. The van der Waals surface area contributed by atoms with Gasteiger partial charge in [-0.05, 0) is 17.7 Å². The molecule has 2 rings (SSSR count). The topological polar surface area (TPSA) is 38.3 Å². The first-order valence-corrected chi connectivity index (χ1v) is 5.24. The van der Waals surface area contributed by atoms with Gasteiger partial charge in [0.2, 0.25) is 5.91 Å². The number of carbonyl (C=O) groups excluding carboxylic acids is 1. The minimum absolute atomic E-state index is 0.00757. The number of rotatable bonds is 3. The Balaban J connectivity index is 1.83. The Hall–Kier alpha value is -1.06. The summed E-state index contributed by atoms with van der Waals surface area (Å²) in [6.45, 7) is 1.14. The molecule has 1 aliphatic heterocycles. The Bertz CT molecular complexity index is 350. The van der Waals surface area contributed by atoms with Crippen LogP contribution in [-0.4, -0.2) is 18.6 Å². The summed E-state index contributed by atoms with van der Waals surface area (Å²) in [7, 11) is 0. The smallest absolute Gasteiger partial charge is 0.222 e. The van der Waals surface area contributed by atoms with Crippen LogP contribution in [-0.2, 0) is 16.1 Å². The van der Waals surface area contributed by atoms with Gasteiger partial charge in [0, 0.05) is 11.6 Å². The monoisotopic (exact) mass is 225 g/mol. The van der Waals surface area contributed by atoms with E-state index in [0.717, 1.165) is 10.6 Å². The van der Waals surface area contributed by atoms with Gasteiger partial charge in [-0.25, -0.2) is 0 Å². The number of amides is 1. The molecule has 0 aromatic heterocycles. The minimum atomic E-state index is 0.00757. The van der Waals surface area contributed by atoms with Gasteiger partial charge in [-0.3, -0.25) is 4.79 Å². The van der Waals surface area contributed by atoms with E-state index in [2.05, 4.69) is 5.32 Å². The molecule has 1 atom stereocenters. The molecule has 1 aromatic rings. The fourth-order valence-electron chi connectivity index (χ4n) is 1.49. The Morgan fingerprint density at radius 2 is 2.13 bits per heavy atom. The maximum Gasteiger partial charge on any atom is 0.222 e. The molecule has 3 nitrogen and oxygen atoms in total. The van der Waals surface area contributed by atoms with Crippen molar-refractivity contribution in [3.63, 3.8) is 0 Å². The Kier molecular flexibility index (Phi) is 3.23. The van der Waals surface area contributed by atoms with Crippen molar-refractivity contribution >= 4 is 17.5 Å². The molecule has 1 aliphatic rings. The largest absolute Gasteiger partial charge is 0.371 e. The lowest BCUT2D eigenvalue weighted by atomic mass is 10.2. The van der Waals surface area contributed by atoms with E-state index in [9.17, 15) is 4.79 Å². The summed E-state index contributed by atoms with van der Waals surface area (Å²) in [5.74, 6) is 0.0658. The summed E-state index contributed by atoms with van der Waals surface area (Å²) >= 11 is 5.76. The highest BCUT2D eigenvalue weighted by molar-refractivity contribution is 6.30. The molecule has 1 saturated heterocycles. The van der Waals surface area contributed by atoms with Gasteiger partial charge in [0.25, 0.3) is 0 Å². The van der Waals surface area contributed by atoms with Gasteiger partial charge in [-0.1, -0.05) is 23.7 Å². The number of hydrogen-bond acceptors (Lipinski definition) is 2. The van der Waals surface area contributed by atoms with Crippen molar-refractivity contribution in [3.05, 3.63) is 34.9 Å². The first-order valence-electron chi connectivity index (χ1n) is 4.87. The number of hydrogen-bond donors (Lipinski definition) is 1. The van der Waals surface area contributed by atoms with Crippen molar-refractivity contribution in [1.82, 2.24) is 5.32 Å². The van der Waals surface area contributed by atoms with Crippen molar-refractivity contribution in [2.45, 2.75) is 19.1 Å². The molecular weight excluding hydrogens is 214 g/mol. The van der Waals surface area contributed by atoms with Crippen molar-refractivity contribution in [1.29, 1.82) is 0 Å². The summed E-state index contributed by atoms with van der Waals surface area (Å²) in [5.41, 5.74) is 1.07. The zero-order valence-electron chi connectivity index (χ0n) is 8.20. The van der Waals surface area contributed by atoms with Gasteiger partial charge in [0.05, 0.1) is 19.1 Å². The molecular formula is C11H12ClNO2. The average Bonchev–Trinajstić information content (AvgIpc) is 2.64. The van der Waals surface area contributed by atoms with Gasteiger partial charge >= 0.3 is 0 Å². The fourth-order valence-corrected chi connectivity index (χ4v) is 1.62. The van der Waals surface area contributed by atoms with Gasteiger partial charge in [-0.15, -0.1) is 0 Å². The molecule has 0 spiro atoms. The van der Waals surface area contributed by atoms with Crippen LogP contribution in [0.1, 0.15) is 12.0 Å². The van der Waals surface area contributed by atoms with Gasteiger partial charge in [0.15, 0.2) is 0 Å². The van der Waals surface area contributed by atoms with Crippen molar-refractivity contribution in [2.75, 3.05) is 6.54 Å². The molecule has 1 unspecified atom stereocenters. The summed E-state index contributed by atoms with van der Waals surface area (Å²) in [4.78, 5) is 10.9. The SMILES string of the molecule is O=C1CC(OCc2ccc(Cl)cc2)CN1. The van der Waals surface area contributed by atoms with E-state index in [1.807, 2.05) is 24.3 Å². The van der Waals surface area contributed by atoms with E-state index in [1.54, 1.807) is 0 Å². The number of halogens is 1. The summed E-state index contributed by atoms with van der Waals surface area (Å²) < 4.78 is 5.57. The highest BCUT2D eigenvalue weighted by Crippen LogP contribution is 2.12. The maximum absolute atomic E-state index is 10.9. The van der Waals surface area contributed by atoms with E-state index >= 15 is 0 Å². The third-order valence-corrected chi connectivity index (χ3v) is 2.59. The molecule has 1 aromatic carbocycles. The van der Waals surface area contributed by atoms with Crippen LogP contribution < -0.4 is 5.32 Å². The van der Waals surface area contributed by atoms with Gasteiger partial charge < -0.3 is 10.1 Å². The highest BCUT2D eigenvalue weighted by atomic mass is 35.5. The lowest BCUT2D eigenvalue weighted by Crippen LogP contribution is -2.17. The van der Waals surface area contributed by atoms with E-state index in [0.29, 0.717) is 19.6 Å². The van der Waals surface area contributed by atoms with Crippen LogP contribution in [0.25, 0.3) is 0 Å². The van der Waals surface area contributed by atoms with Crippen LogP contribution in [0, 0.1) is 0 Å². The fraction of sp³-hybridized carbons (Fsp3) is 0.364. The second-order valence-electron chi connectivity index (χ2n) is 3.57. The number of nitrogens with one attached hydrogen (secondary N) is 1. The van der Waals surface area contributed by atoms with Crippen LogP contribution in [0.3, 0.4) is 0 Å². The average molecular weight is 226 g/mol. The van der Waals surface area contributed by atoms with E-state index in [-0.39, 0.29) is 12.0 Å². The summed E-state index contributed by atoms with van der Waals surface area (Å²) in [6.07, 6.45) is 0.473. The van der Waals surface area contributed by atoms with Crippen molar-refractivity contribution < 1.29 is 9.53 Å². The second-order valence-corrected chi connectivity index (χ2v) is 4.00. The normalized spacial score (nSPS) is 20.3. The lowest BCUT2D eigenvalue weighted by Gasteiger charge is -2.09. The first-order chi connectivity index (χ1) is 7.24. The van der Waals surface area contributed by atoms with E-state index < -0.39 is 0 Å². The van der Waals surface area contributed by atoms with Crippen LogP contribution in [0.4, 0.5) is 0 Å². The highest BCUT2D eigenvalue weighted by Gasteiger charge is 2.21. The molecule has 1 amide bonds. The molecule has 4 heteroatoms. The minimum Gasteiger partial charge on any atom is -0.371 e. The van der Waals surface area contributed by atoms with Crippen LogP contribution in [0.15, 0.2) is 24.3 Å². The van der Waals surface area contributed by atoms with E-state index in [1.165, 1.54) is 0 Å². The summed E-state index contributed by atoms with van der Waals surface area (Å²) in [6, 6.07) is 7.51. The molecule has 1 N–H and O–H groups in total. The second kappa shape index (κ2) is 4.64. The summed E-state index contributed by atoms with van der Waals surface area (Å²) in [5, 5.41) is 3.45. The van der Waals surface area contributed by atoms with Gasteiger partial charge in [0.1, 0.15) is 0 Å². The predicted molar refractivity (Wildman–Crippen MR) is 57.7 cm³/mol. The quantitative estimate of drug-likeness (QED) is 0.851. The van der Waals surface area contributed by atoms with Crippen LogP contribution >= 0.6 is 11.6 Å². The van der Waals surface area contributed by atoms with Crippen molar-refractivity contribution in [2.24, 2.45) is 0 Å². The molecule has 0 radical (unpaired) electrons. The van der Waals surface area contributed by atoms with Crippen LogP contribution in [0.5, 0.6) is 0 Å². The van der Waals surface area contributed by atoms with Gasteiger partial charge in [-0.2, -0.15) is 0 Å². The molecule has 15 heavy (non-hydrogen) atoms. The lowest BCUT2D eigenvalue weighted by molar-refractivity contribution is -0.119. The molecule has 0 bridgehead atoms. The molecule has 1 fully saturated rings. The Morgan fingerprint density at radius 3 is 2.73 bits per heavy atom. The maximum atomic E-state index is 10.9. The van der Waals surface area contributed by atoms with E-state index in [4.69, 9.17) is 16.3 Å². The first kappa shape index (κ1) is 10.5. The standard InChI is InChI=1S/C11H12ClNO2/c12-9-3-1-8(2-4-9)7-15-10-5-11(14)13-6-10/h1-4,10H,5-7H2,(H,13,14). The Morgan fingerprint density at radius 1 is 1.40 bits per heavy atom. The zero-order valence-corrected chi connectivity index (χ0v) is 8.96. The zero-order chi connectivity index (χ0) is 10.7. The number of ether oxygens (including phenoxy) is 1. The predicted octanol–water partition coefficient (Wildman–Crippen LogP) is 1.75. The Labute approximate surface area is 93.4 Å². The van der Waals surface area contributed by atoms with Crippen molar-refractivity contribution in [3.8, 4) is 0 Å². The number of benzene rings is 1. The number of carbonyl (C=O) groups is 1. The molecule has 0 aliphatic carbocycles.